The van der Waals surface area contributed by atoms with Gasteiger partial charge in [0, 0.05) is 24.3 Å². The van der Waals surface area contributed by atoms with Crippen LogP contribution >= 0.6 is 8.58 Å². The van der Waals surface area contributed by atoms with Gasteiger partial charge in [-0.1, -0.05) is 95.2 Å². The van der Waals surface area contributed by atoms with Crippen molar-refractivity contribution in [3.63, 3.8) is 0 Å². The van der Waals surface area contributed by atoms with Gasteiger partial charge in [-0.25, -0.2) is 0 Å². The third kappa shape index (κ3) is 5.45. The third-order valence-electron chi connectivity index (χ3n) is 4.96. The van der Waals surface area contributed by atoms with Gasteiger partial charge in [-0.15, -0.1) is 0 Å². The van der Waals surface area contributed by atoms with Crippen molar-refractivity contribution in [3.05, 3.63) is 95.1 Å². The summed E-state index contributed by atoms with van der Waals surface area (Å²) in [6.07, 6.45) is 0.806. The summed E-state index contributed by atoms with van der Waals surface area (Å²) in [6.45, 7) is 4.74. The van der Waals surface area contributed by atoms with E-state index >= 15 is 0 Å². The molecule has 0 radical (unpaired) electrons. The zero-order chi connectivity index (χ0) is 20.7. The highest BCUT2D eigenvalue weighted by molar-refractivity contribution is 7.48. The molecule has 0 spiro atoms. The summed E-state index contributed by atoms with van der Waals surface area (Å²) in [5, 5.41) is 10.8. The van der Waals surface area contributed by atoms with E-state index in [9.17, 15) is 5.11 Å². The van der Waals surface area contributed by atoms with E-state index < -0.39 is 0 Å². The lowest BCUT2D eigenvalue weighted by Crippen LogP contribution is -2.19. The van der Waals surface area contributed by atoms with Crippen molar-refractivity contribution >= 4 is 13.9 Å². The summed E-state index contributed by atoms with van der Waals surface area (Å²) in [4.78, 5) is 0. The summed E-state index contributed by atoms with van der Waals surface area (Å²) in [6, 6.07) is 24.9. The molecule has 0 heterocycles. The van der Waals surface area contributed by atoms with E-state index in [0.29, 0.717) is 8.58 Å². The van der Waals surface area contributed by atoms with Gasteiger partial charge in [-0.3, -0.25) is 0 Å². The number of hydrogen-bond acceptors (Lipinski definition) is 3. The molecule has 0 saturated carbocycles. The van der Waals surface area contributed by atoms with Gasteiger partial charge >= 0.3 is 0 Å². The molecule has 0 fully saturated rings. The Hall–Kier alpha value is -2.19. The van der Waals surface area contributed by atoms with Crippen LogP contribution in [0.1, 0.15) is 36.1 Å². The molecular weight excluding hydrogens is 379 g/mol. The minimum atomic E-state index is -0.152. The molecule has 0 aliphatic carbocycles. The number of aliphatic hydroxyl groups is 1. The zero-order valence-corrected chi connectivity index (χ0v) is 18.3. The van der Waals surface area contributed by atoms with Gasteiger partial charge in [-0.05, 0) is 22.0 Å². The number of benzene rings is 3. The average molecular weight is 408 g/mol. The highest BCUT2D eigenvalue weighted by Crippen LogP contribution is 2.46. The highest BCUT2D eigenvalue weighted by Gasteiger charge is 2.27. The molecule has 3 aromatic carbocycles. The largest absolute Gasteiger partial charge is 0.467 e. The number of rotatable bonds is 9. The molecule has 29 heavy (non-hydrogen) atoms. The van der Waals surface area contributed by atoms with Gasteiger partial charge in [0.15, 0.2) is 6.79 Å². The molecule has 3 aromatic rings. The molecule has 0 amide bonds. The molecule has 1 atom stereocenters. The van der Waals surface area contributed by atoms with Crippen molar-refractivity contribution in [2.75, 3.05) is 13.9 Å². The Balaban J connectivity index is 1.99. The van der Waals surface area contributed by atoms with E-state index in [1.807, 2.05) is 24.3 Å². The Kier molecular flexibility index (Phi) is 7.44. The predicted molar refractivity (Wildman–Crippen MR) is 122 cm³/mol. The SMILES string of the molecule is COCOc1c(Cc2ccccc2)cccc1C(C)(C)Pc1ccccc1CO. The summed E-state index contributed by atoms with van der Waals surface area (Å²) in [7, 11) is 2.14. The lowest BCUT2D eigenvalue weighted by Gasteiger charge is -2.30. The molecule has 1 unspecified atom stereocenters. The second kappa shape index (κ2) is 10.0. The second-order valence-electron chi connectivity index (χ2n) is 7.57. The van der Waals surface area contributed by atoms with Crippen molar-refractivity contribution < 1.29 is 14.6 Å². The number of aliphatic hydroxyl groups excluding tert-OH is 1. The standard InChI is InChI=1S/C25H29O3P/c1-25(2,29-23-15-8-7-12-21(23)17-26)22-14-9-13-20(24(22)28-18-27-3)16-19-10-5-4-6-11-19/h4-15,26,29H,16-18H2,1-3H3. The first-order valence-corrected chi connectivity index (χ1v) is 10.8. The van der Waals surface area contributed by atoms with Crippen molar-refractivity contribution in [2.24, 2.45) is 0 Å². The molecular formula is C25H29O3P. The molecule has 0 saturated heterocycles. The van der Waals surface area contributed by atoms with Crippen LogP contribution in [0.25, 0.3) is 0 Å². The van der Waals surface area contributed by atoms with Crippen LogP contribution in [0.4, 0.5) is 0 Å². The maximum absolute atomic E-state index is 9.73. The maximum Gasteiger partial charge on any atom is 0.188 e. The van der Waals surface area contributed by atoms with Gasteiger partial charge in [0.1, 0.15) is 5.75 Å². The number of methoxy groups -OCH3 is 1. The molecule has 0 bridgehead atoms. The summed E-state index contributed by atoms with van der Waals surface area (Å²) in [5.74, 6) is 0.900. The van der Waals surface area contributed by atoms with Gasteiger partial charge < -0.3 is 14.6 Å². The van der Waals surface area contributed by atoms with Gasteiger partial charge in [0.2, 0.25) is 0 Å². The van der Waals surface area contributed by atoms with Crippen molar-refractivity contribution in [2.45, 2.75) is 32.0 Å². The fourth-order valence-electron chi connectivity index (χ4n) is 3.50. The lowest BCUT2D eigenvalue weighted by molar-refractivity contribution is 0.0495. The summed E-state index contributed by atoms with van der Waals surface area (Å²) < 4.78 is 11.3. The summed E-state index contributed by atoms with van der Waals surface area (Å²) in [5.41, 5.74) is 4.55. The first kappa shape index (κ1) is 21.5. The van der Waals surface area contributed by atoms with E-state index in [4.69, 9.17) is 9.47 Å². The van der Waals surface area contributed by atoms with Crippen molar-refractivity contribution in [3.8, 4) is 5.75 Å². The van der Waals surface area contributed by atoms with E-state index in [1.54, 1.807) is 7.11 Å². The van der Waals surface area contributed by atoms with Crippen molar-refractivity contribution in [1.82, 2.24) is 0 Å². The van der Waals surface area contributed by atoms with Crippen LogP contribution in [-0.4, -0.2) is 19.0 Å². The first-order chi connectivity index (χ1) is 14.0. The normalized spacial score (nSPS) is 11.9. The van der Waals surface area contributed by atoms with Gasteiger partial charge in [-0.2, -0.15) is 0 Å². The fraction of sp³-hybridized carbons (Fsp3) is 0.280. The van der Waals surface area contributed by atoms with Crippen molar-refractivity contribution in [1.29, 1.82) is 0 Å². The lowest BCUT2D eigenvalue weighted by atomic mass is 9.95. The van der Waals surface area contributed by atoms with Crippen LogP contribution in [0.2, 0.25) is 0 Å². The van der Waals surface area contributed by atoms with E-state index in [1.165, 1.54) is 10.9 Å². The van der Waals surface area contributed by atoms with Crippen LogP contribution < -0.4 is 10.0 Å². The van der Waals surface area contributed by atoms with E-state index in [0.717, 1.165) is 28.9 Å². The number of hydrogen-bond donors (Lipinski definition) is 1. The predicted octanol–water partition coefficient (Wildman–Crippen LogP) is 4.99. The average Bonchev–Trinajstić information content (AvgIpc) is 2.73. The third-order valence-corrected chi connectivity index (χ3v) is 6.61. The molecule has 0 aromatic heterocycles. The minimum absolute atomic E-state index is 0.0559. The first-order valence-electron chi connectivity index (χ1n) is 9.80. The topological polar surface area (TPSA) is 38.7 Å². The molecule has 3 rings (SSSR count). The smallest absolute Gasteiger partial charge is 0.188 e. The molecule has 0 aliphatic heterocycles. The highest BCUT2D eigenvalue weighted by atomic mass is 31.1. The van der Waals surface area contributed by atoms with E-state index in [-0.39, 0.29) is 18.6 Å². The van der Waals surface area contributed by atoms with Crippen LogP contribution in [0.5, 0.6) is 5.75 Å². The monoisotopic (exact) mass is 408 g/mol. The minimum Gasteiger partial charge on any atom is -0.467 e. The Morgan fingerprint density at radius 1 is 0.862 bits per heavy atom. The quantitative estimate of drug-likeness (QED) is 0.400. The van der Waals surface area contributed by atoms with Crippen LogP contribution in [0, 0.1) is 0 Å². The second-order valence-corrected chi connectivity index (χ2v) is 9.61. The van der Waals surface area contributed by atoms with Gasteiger partial charge in [0.25, 0.3) is 0 Å². The zero-order valence-electron chi connectivity index (χ0n) is 17.3. The van der Waals surface area contributed by atoms with Crippen LogP contribution in [0.3, 0.4) is 0 Å². The fourth-order valence-corrected chi connectivity index (χ4v) is 5.01. The molecule has 152 valence electrons. The number of para-hydroxylation sites is 1. The Labute approximate surface area is 175 Å². The Morgan fingerprint density at radius 3 is 2.28 bits per heavy atom. The summed E-state index contributed by atoms with van der Waals surface area (Å²) >= 11 is 0. The maximum atomic E-state index is 9.73. The molecule has 3 nitrogen and oxygen atoms in total. The van der Waals surface area contributed by atoms with Crippen LogP contribution in [0.15, 0.2) is 72.8 Å². The molecule has 1 N–H and O–H groups in total. The molecule has 0 aliphatic rings. The molecule has 4 heteroatoms. The Bertz CT molecular complexity index is 922. The van der Waals surface area contributed by atoms with E-state index in [2.05, 4.69) is 62.4 Å². The number of ether oxygens (including phenoxy) is 2. The van der Waals surface area contributed by atoms with Gasteiger partial charge in [0.05, 0.1) is 6.61 Å². The van der Waals surface area contributed by atoms with Crippen LogP contribution in [-0.2, 0) is 22.9 Å². The Morgan fingerprint density at radius 2 is 1.55 bits per heavy atom.